The number of hydrogen-bond acceptors (Lipinski definition) is 0. The van der Waals surface area contributed by atoms with E-state index in [4.69, 9.17) is 0 Å². The molecule has 0 spiro atoms. The first kappa shape index (κ1) is 25.3. The fourth-order valence-electron chi connectivity index (χ4n) is 16.8. The van der Waals surface area contributed by atoms with Gasteiger partial charge in [-0.25, -0.2) is 0 Å². The maximum absolute atomic E-state index is 2.89. The van der Waals surface area contributed by atoms with E-state index in [-0.39, 0.29) is 0 Å². The standard InChI is InChI=1S/4C9H15.Cr/c4*1-6-5-8-3-4-9(6)7(8)2;/h4*6-7,9H,3-5H2,1-2H3;. The van der Waals surface area contributed by atoms with E-state index < -0.39 is 13.1 Å². The Morgan fingerprint density at radius 3 is 0.730 bits per heavy atom. The van der Waals surface area contributed by atoms with Crippen LogP contribution in [0.25, 0.3) is 0 Å². The Balaban J connectivity index is 1.51. The van der Waals surface area contributed by atoms with Gasteiger partial charge in [0.1, 0.15) is 0 Å². The van der Waals surface area contributed by atoms with Crippen molar-refractivity contribution in [2.45, 2.75) is 150 Å². The van der Waals surface area contributed by atoms with E-state index in [0.717, 1.165) is 88.1 Å². The molecular formula is C36H60Cr. The van der Waals surface area contributed by atoms with Gasteiger partial charge in [0.05, 0.1) is 0 Å². The molecule has 8 aliphatic rings. The summed E-state index contributed by atoms with van der Waals surface area (Å²) in [4.78, 5) is 0. The van der Waals surface area contributed by atoms with Gasteiger partial charge in [-0.2, -0.15) is 0 Å². The number of fused-ring (bicyclic) bond motifs is 8. The van der Waals surface area contributed by atoms with E-state index in [1.54, 1.807) is 77.0 Å². The average Bonchev–Trinajstić information content (AvgIpc) is 3.70. The molecule has 1 heteroatoms. The molecule has 37 heavy (non-hydrogen) atoms. The molecule has 0 amide bonds. The summed E-state index contributed by atoms with van der Waals surface area (Å²) in [6.45, 7) is 22.5. The van der Waals surface area contributed by atoms with Crippen molar-refractivity contribution in [2.75, 3.05) is 0 Å². The van der Waals surface area contributed by atoms with Gasteiger partial charge in [-0.1, -0.05) is 0 Å². The van der Waals surface area contributed by atoms with Crippen molar-refractivity contribution >= 4 is 0 Å². The Morgan fingerprint density at radius 1 is 0.378 bits per heavy atom. The molecule has 0 radical (unpaired) electrons. The molecule has 0 aromatic heterocycles. The van der Waals surface area contributed by atoms with Gasteiger partial charge in [0.2, 0.25) is 0 Å². The van der Waals surface area contributed by atoms with Crippen molar-refractivity contribution < 1.29 is 13.1 Å². The van der Waals surface area contributed by atoms with Crippen molar-refractivity contribution in [1.82, 2.24) is 0 Å². The molecule has 16 unspecified atom stereocenters. The molecule has 0 aliphatic heterocycles. The van der Waals surface area contributed by atoms with Crippen LogP contribution in [-0.4, -0.2) is 0 Å². The molecule has 8 bridgehead atoms. The van der Waals surface area contributed by atoms with Crippen molar-refractivity contribution in [2.24, 2.45) is 71.0 Å². The summed E-state index contributed by atoms with van der Waals surface area (Å²) >= 11 is -2.23. The number of rotatable bonds is 4. The van der Waals surface area contributed by atoms with Crippen molar-refractivity contribution in [3.63, 3.8) is 0 Å². The number of hydrogen-bond donors (Lipinski definition) is 0. The van der Waals surface area contributed by atoms with E-state index in [1.165, 1.54) is 0 Å². The summed E-state index contributed by atoms with van der Waals surface area (Å²) in [5.74, 6) is 12.4. The third-order valence-corrected chi connectivity index (χ3v) is 29.8. The molecule has 0 aromatic carbocycles. The van der Waals surface area contributed by atoms with Gasteiger partial charge in [0.15, 0.2) is 0 Å². The normalized spacial score (nSPS) is 67.7. The van der Waals surface area contributed by atoms with Crippen LogP contribution in [-0.2, 0) is 13.1 Å². The van der Waals surface area contributed by atoms with E-state index in [0.29, 0.717) is 0 Å². The fourth-order valence-corrected chi connectivity index (χ4v) is 34.8. The molecule has 8 aliphatic carbocycles. The predicted octanol–water partition coefficient (Wildman–Crippen LogP) is 11.1. The maximum atomic E-state index is 2.89. The molecule has 0 aromatic rings. The van der Waals surface area contributed by atoms with Crippen LogP contribution < -0.4 is 0 Å². The second-order valence-corrected chi connectivity index (χ2v) is 24.6. The summed E-state index contributed by atoms with van der Waals surface area (Å²) in [5.41, 5.74) is 0. The van der Waals surface area contributed by atoms with Crippen LogP contribution in [0.4, 0.5) is 0 Å². The Hall–Kier alpha value is 0.532. The third kappa shape index (κ3) is 2.34. The van der Waals surface area contributed by atoms with Crippen LogP contribution in [0.2, 0.25) is 17.1 Å². The second kappa shape index (κ2) is 7.48. The molecule has 16 atom stereocenters. The molecule has 0 nitrogen and oxygen atoms in total. The summed E-state index contributed by atoms with van der Waals surface area (Å²) in [7, 11) is 0. The van der Waals surface area contributed by atoms with Gasteiger partial charge >= 0.3 is 234 Å². The minimum atomic E-state index is -2.23. The zero-order valence-electron chi connectivity index (χ0n) is 25.8. The van der Waals surface area contributed by atoms with Gasteiger partial charge in [0.25, 0.3) is 0 Å². The molecule has 8 saturated carbocycles. The van der Waals surface area contributed by atoms with Gasteiger partial charge in [0, 0.05) is 0 Å². The van der Waals surface area contributed by atoms with E-state index >= 15 is 0 Å². The van der Waals surface area contributed by atoms with Gasteiger partial charge in [-0.15, -0.1) is 0 Å². The summed E-state index contributed by atoms with van der Waals surface area (Å²) in [6.07, 6.45) is 19.8. The first-order chi connectivity index (χ1) is 17.5. The molecule has 210 valence electrons. The molecule has 8 fully saturated rings. The van der Waals surface area contributed by atoms with Gasteiger partial charge in [-0.3, -0.25) is 0 Å². The molecule has 0 heterocycles. The van der Waals surface area contributed by atoms with Crippen LogP contribution in [0.5, 0.6) is 0 Å². The van der Waals surface area contributed by atoms with E-state index in [2.05, 4.69) is 55.4 Å². The van der Waals surface area contributed by atoms with Crippen LogP contribution in [0.1, 0.15) is 132 Å². The summed E-state index contributed by atoms with van der Waals surface area (Å²) in [6, 6.07) is 0. The summed E-state index contributed by atoms with van der Waals surface area (Å²) in [5, 5.41) is 0. The molecule has 0 saturated heterocycles. The second-order valence-electron chi connectivity index (χ2n) is 17.6. The SMILES string of the molecule is CC1C[C]2([Cr]([C]34CCC(C(C)C3)C4C)([C]34CCC(C(C)C3)C4C)[C]34CCC(C(C)C3)C4C)CCC1C2C. The third-order valence-electron chi connectivity index (χ3n) is 17.5. The van der Waals surface area contributed by atoms with E-state index in [9.17, 15) is 0 Å². The quantitative estimate of drug-likeness (QED) is 0.330. The van der Waals surface area contributed by atoms with Crippen molar-refractivity contribution in [3.05, 3.63) is 0 Å². The zero-order valence-corrected chi connectivity index (χ0v) is 27.1. The first-order valence-corrected chi connectivity index (χ1v) is 19.9. The Morgan fingerprint density at radius 2 is 0.595 bits per heavy atom. The topological polar surface area (TPSA) is 0 Å². The zero-order chi connectivity index (χ0) is 25.9. The van der Waals surface area contributed by atoms with Crippen LogP contribution in [0.15, 0.2) is 0 Å². The van der Waals surface area contributed by atoms with Gasteiger partial charge in [-0.05, 0) is 0 Å². The summed E-state index contributed by atoms with van der Waals surface area (Å²) < 4.78 is 3.09. The van der Waals surface area contributed by atoms with Crippen molar-refractivity contribution in [1.29, 1.82) is 0 Å². The van der Waals surface area contributed by atoms with Crippen LogP contribution >= 0.6 is 0 Å². The minimum absolute atomic E-state index is 0.772. The van der Waals surface area contributed by atoms with Crippen LogP contribution in [0, 0.1) is 71.0 Å². The monoisotopic (exact) mass is 544 g/mol. The van der Waals surface area contributed by atoms with E-state index in [1.807, 2.05) is 0 Å². The fraction of sp³-hybridized carbons (Fsp3) is 1.00. The average molecular weight is 545 g/mol. The van der Waals surface area contributed by atoms with Crippen molar-refractivity contribution in [3.8, 4) is 0 Å². The first-order valence-electron chi connectivity index (χ1n) is 17.4. The Labute approximate surface area is 233 Å². The predicted molar refractivity (Wildman–Crippen MR) is 153 cm³/mol. The molecular weight excluding hydrogens is 484 g/mol. The Kier molecular flexibility index (Phi) is 5.11. The van der Waals surface area contributed by atoms with Crippen LogP contribution in [0.3, 0.4) is 0 Å². The molecule has 8 rings (SSSR count). The van der Waals surface area contributed by atoms with Gasteiger partial charge < -0.3 is 0 Å². The molecule has 0 N–H and O–H groups in total. The Bertz CT molecular complexity index is 828.